The molecule has 0 amide bonds. The first-order chi connectivity index (χ1) is 10.4. The van der Waals surface area contributed by atoms with Crippen molar-refractivity contribution in [2.45, 2.75) is 65.5 Å². The number of fused-ring (bicyclic) bond motifs is 1. The molecule has 4 nitrogen and oxygen atoms in total. The molecule has 4 atom stereocenters. The first-order valence-electron chi connectivity index (χ1n) is 9.01. The van der Waals surface area contributed by atoms with Crippen LogP contribution in [0, 0.1) is 16.7 Å². The van der Waals surface area contributed by atoms with Gasteiger partial charge in [0.2, 0.25) is 0 Å². The minimum Gasteiger partial charge on any atom is -0.377 e. The van der Waals surface area contributed by atoms with Gasteiger partial charge >= 0.3 is 0 Å². The molecule has 2 heterocycles. The van der Waals surface area contributed by atoms with Crippen LogP contribution in [0.3, 0.4) is 0 Å². The molecule has 1 aliphatic carbocycles. The van der Waals surface area contributed by atoms with Gasteiger partial charge in [-0.2, -0.15) is 0 Å². The molecular formula is C18H33N3O. The molecule has 0 radical (unpaired) electrons. The van der Waals surface area contributed by atoms with Crippen LogP contribution in [0.2, 0.25) is 0 Å². The van der Waals surface area contributed by atoms with E-state index in [0.717, 1.165) is 25.7 Å². The Bertz CT molecular complexity index is 448. The van der Waals surface area contributed by atoms with E-state index in [-0.39, 0.29) is 5.41 Å². The van der Waals surface area contributed by atoms with Crippen LogP contribution in [0.4, 0.5) is 0 Å². The molecule has 126 valence electrons. The molecule has 1 N–H and O–H groups in total. The number of rotatable bonds is 2. The van der Waals surface area contributed by atoms with E-state index >= 15 is 0 Å². The monoisotopic (exact) mass is 307 g/mol. The summed E-state index contributed by atoms with van der Waals surface area (Å²) in [6, 6.07) is 0.491. The molecule has 0 bridgehead atoms. The maximum Gasteiger partial charge on any atom is 0.193 e. The summed E-state index contributed by atoms with van der Waals surface area (Å²) in [5.41, 5.74) is 0.651. The summed E-state index contributed by atoms with van der Waals surface area (Å²) >= 11 is 0. The third-order valence-corrected chi connectivity index (χ3v) is 6.54. The van der Waals surface area contributed by atoms with Crippen molar-refractivity contribution in [1.29, 1.82) is 0 Å². The largest absolute Gasteiger partial charge is 0.377 e. The molecule has 1 saturated carbocycles. The minimum atomic E-state index is 0.203. The normalized spacial score (nSPS) is 41.0. The third kappa shape index (κ3) is 2.53. The van der Waals surface area contributed by atoms with E-state index < -0.39 is 0 Å². The Labute approximate surface area is 135 Å². The van der Waals surface area contributed by atoms with E-state index in [1.807, 2.05) is 7.05 Å². The summed E-state index contributed by atoms with van der Waals surface area (Å²) in [6.45, 7) is 12.6. The number of guanidine groups is 1. The second-order valence-electron chi connectivity index (χ2n) is 8.42. The topological polar surface area (TPSA) is 36.9 Å². The molecule has 0 aromatic heterocycles. The summed E-state index contributed by atoms with van der Waals surface area (Å²) in [5.74, 6) is 1.75. The van der Waals surface area contributed by atoms with Gasteiger partial charge in [0.05, 0.1) is 6.10 Å². The molecule has 4 heteroatoms. The van der Waals surface area contributed by atoms with E-state index in [0.29, 0.717) is 23.5 Å². The number of hydrogen-bond acceptors (Lipinski definition) is 2. The lowest BCUT2D eigenvalue weighted by Crippen LogP contribution is -2.71. The summed E-state index contributed by atoms with van der Waals surface area (Å²) < 4.78 is 6.02. The summed E-state index contributed by atoms with van der Waals surface area (Å²) in [5, 5.41) is 3.79. The molecule has 4 unspecified atom stereocenters. The Kier molecular flexibility index (Phi) is 4.17. The fraction of sp³-hybridized carbons (Fsp3) is 0.944. The van der Waals surface area contributed by atoms with E-state index in [4.69, 9.17) is 4.74 Å². The molecule has 3 rings (SSSR count). The van der Waals surface area contributed by atoms with Crippen LogP contribution >= 0.6 is 0 Å². The summed E-state index contributed by atoms with van der Waals surface area (Å²) in [4.78, 5) is 7.04. The van der Waals surface area contributed by atoms with Crippen molar-refractivity contribution in [3.63, 3.8) is 0 Å². The van der Waals surface area contributed by atoms with Gasteiger partial charge in [0.1, 0.15) is 0 Å². The van der Waals surface area contributed by atoms with E-state index in [1.165, 1.54) is 25.7 Å². The van der Waals surface area contributed by atoms with Gasteiger partial charge in [-0.15, -0.1) is 0 Å². The molecule has 0 spiro atoms. The average molecular weight is 307 g/mol. The second kappa shape index (κ2) is 5.70. The number of nitrogens with one attached hydrogen (secondary N) is 1. The van der Waals surface area contributed by atoms with Crippen LogP contribution in [0.25, 0.3) is 0 Å². The van der Waals surface area contributed by atoms with Crippen molar-refractivity contribution >= 4 is 5.96 Å². The predicted octanol–water partition coefficient (Wildman–Crippen LogP) is 2.89. The van der Waals surface area contributed by atoms with Crippen LogP contribution in [0.1, 0.15) is 53.4 Å². The fourth-order valence-electron chi connectivity index (χ4n) is 4.74. The number of ether oxygens (including phenoxy) is 1. The Balaban J connectivity index is 1.66. The highest BCUT2D eigenvalue weighted by Crippen LogP contribution is 2.51. The molecule has 2 saturated heterocycles. The molecule has 3 aliphatic rings. The van der Waals surface area contributed by atoms with Gasteiger partial charge in [-0.3, -0.25) is 4.99 Å². The molecular weight excluding hydrogens is 274 g/mol. The summed E-state index contributed by atoms with van der Waals surface area (Å²) in [6.07, 6.45) is 5.43. The average Bonchev–Trinajstić information content (AvgIpc) is 2.91. The van der Waals surface area contributed by atoms with E-state index in [9.17, 15) is 0 Å². The highest BCUT2D eigenvalue weighted by atomic mass is 16.5. The van der Waals surface area contributed by atoms with Gasteiger partial charge in [0, 0.05) is 44.1 Å². The molecule has 0 aromatic rings. The Hall–Kier alpha value is -0.770. The fourth-order valence-corrected chi connectivity index (χ4v) is 4.74. The zero-order valence-electron chi connectivity index (χ0n) is 15.0. The maximum atomic E-state index is 6.02. The minimum absolute atomic E-state index is 0.203. The van der Waals surface area contributed by atoms with Crippen LogP contribution in [0.5, 0.6) is 0 Å². The number of aliphatic imine (C=N–C) groups is 1. The molecule has 2 aliphatic heterocycles. The Morgan fingerprint density at radius 2 is 2.14 bits per heavy atom. The summed E-state index contributed by atoms with van der Waals surface area (Å²) in [7, 11) is 1.92. The molecule has 3 fully saturated rings. The second-order valence-corrected chi connectivity index (χ2v) is 8.42. The Morgan fingerprint density at radius 1 is 1.36 bits per heavy atom. The van der Waals surface area contributed by atoms with Crippen molar-refractivity contribution < 1.29 is 4.74 Å². The predicted molar refractivity (Wildman–Crippen MR) is 91.1 cm³/mol. The molecule has 22 heavy (non-hydrogen) atoms. The van der Waals surface area contributed by atoms with Crippen LogP contribution in [-0.2, 0) is 4.74 Å². The number of likely N-dealkylation sites (tertiary alicyclic amines) is 1. The zero-order chi connectivity index (χ0) is 16.0. The van der Waals surface area contributed by atoms with Crippen molar-refractivity contribution in [3.05, 3.63) is 0 Å². The third-order valence-electron chi connectivity index (χ3n) is 6.54. The van der Waals surface area contributed by atoms with E-state index in [1.54, 1.807) is 0 Å². The lowest BCUT2D eigenvalue weighted by molar-refractivity contribution is -0.188. The van der Waals surface area contributed by atoms with Gasteiger partial charge in [-0.25, -0.2) is 0 Å². The van der Waals surface area contributed by atoms with Gasteiger partial charge in [0.15, 0.2) is 5.96 Å². The van der Waals surface area contributed by atoms with E-state index in [2.05, 4.69) is 42.9 Å². The lowest BCUT2D eigenvalue weighted by atomic mass is 9.55. The molecule has 0 aromatic carbocycles. The quantitative estimate of drug-likeness (QED) is 0.629. The van der Waals surface area contributed by atoms with Crippen LogP contribution in [0.15, 0.2) is 4.99 Å². The van der Waals surface area contributed by atoms with Crippen LogP contribution in [-0.4, -0.2) is 49.7 Å². The highest BCUT2D eigenvalue weighted by Gasteiger charge is 2.58. The van der Waals surface area contributed by atoms with Crippen LogP contribution < -0.4 is 5.32 Å². The van der Waals surface area contributed by atoms with Crippen molar-refractivity contribution in [3.8, 4) is 0 Å². The van der Waals surface area contributed by atoms with Crippen molar-refractivity contribution in [2.24, 2.45) is 21.7 Å². The smallest absolute Gasteiger partial charge is 0.193 e. The first kappa shape index (κ1) is 16.1. The zero-order valence-corrected chi connectivity index (χ0v) is 15.0. The lowest BCUT2D eigenvalue weighted by Gasteiger charge is -2.60. The van der Waals surface area contributed by atoms with Gasteiger partial charge < -0.3 is 15.0 Å². The SMILES string of the molecule is CCC1(C)CCN(C(=NC)NC2C3CCCOC3C2(C)C)C1. The maximum absolute atomic E-state index is 6.02. The number of nitrogens with zero attached hydrogens (tertiary/aromatic N) is 2. The number of hydrogen-bond donors (Lipinski definition) is 1. The Morgan fingerprint density at radius 3 is 2.77 bits per heavy atom. The first-order valence-corrected chi connectivity index (χ1v) is 9.01. The van der Waals surface area contributed by atoms with Gasteiger partial charge in [-0.1, -0.05) is 27.7 Å². The van der Waals surface area contributed by atoms with Crippen molar-refractivity contribution in [2.75, 3.05) is 26.7 Å². The highest BCUT2D eigenvalue weighted by molar-refractivity contribution is 5.81. The van der Waals surface area contributed by atoms with Crippen molar-refractivity contribution in [1.82, 2.24) is 10.2 Å². The van der Waals surface area contributed by atoms with Gasteiger partial charge in [0.25, 0.3) is 0 Å². The standard InChI is InChI=1S/C18H33N3O/c1-6-18(4)9-10-21(12-18)16(19-5)20-14-13-8-7-11-22-15(13)17(14,2)3/h13-15H,6-12H2,1-5H3,(H,19,20). The van der Waals surface area contributed by atoms with Gasteiger partial charge in [-0.05, 0) is 31.1 Å².